The van der Waals surface area contributed by atoms with E-state index >= 15 is 0 Å². The molecule has 0 radical (unpaired) electrons. The molecule has 0 saturated carbocycles. The molecule has 22 heavy (non-hydrogen) atoms. The van der Waals surface area contributed by atoms with Crippen LogP contribution in [0, 0.1) is 5.92 Å². The highest BCUT2D eigenvalue weighted by Gasteiger charge is 2.34. The fourth-order valence-corrected chi connectivity index (χ4v) is 5.44. The molecule has 2 aliphatic rings. The zero-order valence-electron chi connectivity index (χ0n) is 13.4. The van der Waals surface area contributed by atoms with Crippen LogP contribution in [0.5, 0.6) is 0 Å². The fourth-order valence-electron chi connectivity index (χ4n) is 3.95. The SMILES string of the molecule is C[C@H]1CCC[NH+](C2CCN(S(=O)(=O)c3ccccc3)CC2)C1. The number of benzene rings is 1. The van der Waals surface area contributed by atoms with Gasteiger partial charge in [0, 0.05) is 31.8 Å². The van der Waals surface area contributed by atoms with Gasteiger partial charge in [-0.15, -0.1) is 0 Å². The second kappa shape index (κ2) is 6.69. The van der Waals surface area contributed by atoms with E-state index in [0.717, 1.165) is 18.8 Å². The van der Waals surface area contributed by atoms with Crippen LogP contribution in [-0.4, -0.2) is 44.9 Å². The van der Waals surface area contributed by atoms with E-state index in [4.69, 9.17) is 0 Å². The number of hydrogen-bond donors (Lipinski definition) is 1. The van der Waals surface area contributed by atoms with Gasteiger partial charge in [-0.05, 0) is 25.0 Å². The molecule has 0 spiro atoms. The minimum absolute atomic E-state index is 0.424. The summed E-state index contributed by atoms with van der Waals surface area (Å²) < 4.78 is 27.0. The molecule has 0 aromatic heterocycles. The minimum atomic E-state index is -3.30. The molecule has 0 amide bonds. The van der Waals surface area contributed by atoms with Crippen molar-refractivity contribution in [2.24, 2.45) is 5.92 Å². The van der Waals surface area contributed by atoms with Gasteiger partial charge in [-0.3, -0.25) is 0 Å². The lowest BCUT2D eigenvalue weighted by molar-refractivity contribution is -0.934. The van der Waals surface area contributed by atoms with Gasteiger partial charge >= 0.3 is 0 Å². The Labute approximate surface area is 134 Å². The Morgan fingerprint density at radius 2 is 1.77 bits per heavy atom. The van der Waals surface area contributed by atoms with Gasteiger partial charge in [-0.2, -0.15) is 4.31 Å². The lowest BCUT2D eigenvalue weighted by atomic mass is 9.96. The highest BCUT2D eigenvalue weighted by atomic mass is 32.2. The van der Waals surface area contributed by atoms with E-state index in [0.29, 0.717) is 24.0 Å². The van der Waals surface area contributed by atoms with Crippen LogP contribution in [0.15, 0.2) is 35.2 Å². The average molecular weight is 323 g/mol. The molecule has 3 rings (SSSR count). The molecule has 2 heterocycles. The van der Waals surface area contributed by atoms with Crippen molar-refractivity contribution >= 4 is 10.0 Å². The lowest BCUT2D eigenvalue weighted by Gasteiger charge is -2.38. The Balaban J connectivity index is 1.62. The maximum atomic E-state index is 12.6. The molecule has 1 aromatic carbocycles. The van der Waals surface area contributed by atoms with Crippen molar-refractivity contribution in [1.82, 2.24) is 4.31 Å². The number of hydrogen-bond acceptors (Lipinski definition) is 2. The summed E-state index contributed by atoms with van der Waals surface area (Å²) in [6.07, 6.45) is 4.66. The quantitative estimate of drug-likeness (QED) is 0.907. The van der Waals surface area contributed by atoms with Gasteiger partial charge in [0.1, 0.15) is 0 Å². The largest absolute Gasteiger partial charge is 0.332 e. The van der Waals surface area contributed by atoms with E-state index < -0.39 is 10.0 Å². The van der Waals surface area contributed by atoms with Crippen molar-refractivity contribution < 1.29 is 13.3 Å². The molecule has 1 unspecified atom stereocenters. The number of nitrogens with one attached hydrogen (secondary N) is 1. The summed E-state index contributed by atoms with van der Waals surface area (Å²) in [5.41, 5.74) is 0. The molecule has 2 aliphatic heterocycles. The number of likely N-dealkylation sites (tertiary alicyclic amines) is 1. The summed E-state index contributed by atoms with van der Waals surface area (Å²) in [5.74, 6) is 0.815. The molecule has 2 atom stereocenters. The predicted molar refractivity (Wildman–Crippen MR) is 87.3 cm³/mol. The van der Waals surface area contributed by atoms with E-state index in [1.165, 1.54) is 25.9 Å². The Hall–Kier alpha value is -0.910. The monoisotopic (exact) mass is 323 g/mol. The Morgan fingerprint density at radius 1 is 1.09 bits per heavy atom. The van der Waals surface area contributed by atoms with Gasteiger partial charge in [0.05, 0.1) is 24.0 Å². The second-order valence-electron chi connectivity index (χ2n) is 6.85. The third kappa shape index (κ3) is 3.36. The van der Waals surface area contributed by atoms with Crippen LogP contribution in [-0.2, 0) is 10.0 Å². The van der Waals surface area contributed by atoms with Crippen molar-refractivity contribution in [3.63, 3.8) is 0 Å². The summed E-state index contributed by atoms with van der Waals surface area (Å²) in [6, 6.07) is 9.46. The molecule has 2 saturated heterocycles. The maximum Gasteiger partial charge on any atom is 0.243 e. The van der Waals surface area contributed by atoms with Crippen LogP contribution in [0.1, 0.15) is 32.6 Å². The van der Waals surface area contributed by atoms with Crippen molar-refractivity contribution in [2.75, 3.05) is 26.2 Å². The van der Waals surface area contributed by atoms with Gasteiger partial charge in [-0.25, -0.2) is 8.42 Å². The molecule has 5 heteroatoms. The number of sulfonamides is 1. The number of quaternary nitrogens is 1. The van der Waals surface area contributed by atoms with E-state index in [-0.39, 0.29) is 0 Å². The topological polar surface area (TPSA) is 41.8 Å². The molecular weight excluding hydrogens is 296 g/mol. The van der Waals surface area contributed by atoms with Gasteiger partial charge in [-0.1, -0.05) is 25.1 Å². The van der Waals surface area contributed by atoms with Crippen molar-refractivity contribution in [2.45, 2.75) is 43.5 Å². The molecule has 0 aliphatic carbocycles. The number of nitrogens with zero attached hydrogens (tertiary/aromatic N) is 1. The highest BCUT2D eigenvalue weighted by Crippen LogP contribution is 2.20. The van der Waals surface area contributed by atoms with E-state index in [1.807, 2.05) is 6.07 Å². The van der Waals surface area contributed by atoms with Crippen molar-refractivity contribution in [1.29, 1.82) is 0 Å². The first kappa shape index (κ1) is 16.0. The summed E-state index contributed by atoms with van der Waals surface area (Å²) in [5, 5.41) is 0. The molecule has 2 fully saturated rings. The second-order valence-corrected chi connectivity index (χ2v) is 8.79. The van der Waals surface area contributed by atoms with Crippen molar-refractivity contribution in [3.8, 4) is 0 Å². The first-order chi connectivity index (χ1) is 10.6. The molecule has 122 valence electrons. The zero-order valence-corrected chi connectivity index (χ0v) is 14.2. The van der Waals surface area contributed by atoms with Crippen LogP contribution in [0.3, 0.4) is 0 Å². The Morgan fingerprint density at radius 3 is 2.41 bits per heavy atom. The van der Waals surface area contributed by atoms with Crippen molar-refractivity contribution in [3.05, 3.63) is 30.3 Å². The van der Waals surface area contributed by atoms with Crippen LogP contribution in [0.25, 0.3) is 0 Å². The lowest BCUT2D eigenvalue weighted by Crippen LogP contribution is -3.17. The molecule has 1 N–H and O–H groups in total. The van der Waals surface area contributed by atoms with Gasteiger partial charge in [0.25, 0.3) is 0 Å². The fraction of sp³-hybridized carbons (Fsp3) is 0.647. The molecule has 1 aromatic rings. The summed E-state index contributed by atoms with van der Waals surface area (Å²) in [6.45, 7) is 6.20. The smallest absolute Gasteiger partial charge is 0.243 e. The first-order valence-corrected chi connectivity index (χ1v) is 9.91. The number of rotatable bonds is 3. The summed E-state index contributed by atoms with van der Waals surface area (Å²) in [4.78, 5) is 2.13. The normalized spacial score (nSPS) is 28.6. The standard InChI is InChI=1S/C17H26N2O2S/c1-15-6-5-11-18(14-15)16-9-12-19(13-10-16)22(20,21)17-7-3-2-4-8-17/h2-4,7-8,15-16H,5-6,9-14H2,1H3/p+1/t15-/m0/s1. The highest BCUT2D eigenvalue weighted by molar-refractivity contribution is 7.89. The third-order valence-corrected chi connectivity index (χ3v) is 7.13. The minimum Gasteiger partial charge on any atom is -0.332 e. The molecular formula is C17H27N2O2S+. The van der Waals surface area contributed by atoms with Crippen LogP contribution in [0.4, 0.5) is 0 Å². The van der Waals surface area contributed by atoms with Gasteiger partial charge < -0.3 is 4.90 Å². The average Bonchev–Trinajstić information content (AvgIpc) is 2.56. The summed E-state index contributed by atoms with van der Waals surface area (Å²) in [7, 11) is -3.30. The predicted octanol–water partition coefficient (Wildman–Crippen LogP) is 1.15. The van der Waals surface area contributed by atoms with E-state index in [2.05, 4.69) is 6.92 Å². The van der Waals surface area contributed by atoms with Crippen LogP contribution >= 0.6 is 0 Å². The molecule has 4 nitrogen and oxygen atoms in total. The van der Waals surface area contributed by atoms with Gasteiger partial charge in [0.15, 0.2) is 0 Å². The Bertz CT molecular complexity index is 580. The third-order valence-electron chi connectivity index (χ3n) is 5.22. The van der Waals surface area contributed by atoms with Gasteiger partial charge in [0.2, 0.25) is 10.0 Å². The summed E-state index contributed by atoms with van der Waals surface area (Å²) >= 11 is 0. The van der Waals surface area contributed by atoms with E-state index in [9.17, 15) is 8.42 Å². The first-order valence-electron chi connectivity index (χ1n) is 8.47. The Kier molecular flexibility index (Phi) is 4.85. The zero-order chi connectivity index (χ0) is 15.6. The number of piperidine rings is 2. The van der Waals surface area contributed by atoms with Crippen LogP contribution in [0.2, 0.25) is 0 Å². The van der Waals surface area contributed by atoms with Crippen LogP contribution < -0.4 is 4.90 Å². The maximum absolute atomic E-state index is 12.6. The molecule has 0 bridgehead atoms. The van der Waals surface area contributed by atoms with E-state index in [1.54, 1.807) is 33.5 Å².